The summed E-state index contributed by atoms with van der Waals surface area (Å²) < 4.78 is 15.0. The summed E-state index contributed by atoms with van der Waals surface area (Å²) in [4.78, 5) is 11.9. The van der Waals surface area contributed by atoms with Crippen molar-refractivity contribution in [2.24, 2.45) is 0 Å². The van der Waals surface area contributed by atoms with Crippen molar-refractivity contribution in [2.45, 2.75) is 19.9 Å². The number of anilines is 1. The van der Waals surface area contributed by atoms with Gasteiger partial charge in [-0.15, -0.1) is 0 Å². The van der Waals surface area contributed by atoms with Gasteiger partial charge in [0.15, 0.2) is 5.69 Å². The van der Waals surface area contributed by atoms with E-state index in [4.69, 9.17) is 5.73 Å². The second kappa shape index (κ2) is 6.18. The van der Waals surface area contributed by atoms with Crippen molar-refractivity contribution in [3.63, 3.8) is 0 Å². The third-order valence-corrected chi connectivity index (χ3v) is 2.97. The number of nitrogens with two attached hydrogens (primary N) is 1. The van der Waals surface area contributed by atoms with Gasteiger partial charge in [-0.25, -0.2) is 4.39 Å². The molecule has 106 valence electrons. The van der Waals surface area contributed by atoms with Crippen molar-refractivity contribution >= 4 is 11.6 Å². The third-order valence-electron chi connectivity index (χ3n) is 2.97. The minimum atomic E-state index is -0.342. The summed E-state index contributed by atoms with van der Waals surface area (Å²) in [5, 5.41) is 6.77. The molecule has 20 heavy (non-hydrogen) atoms. The summed E-state index contributed by atoms with van der Waals surface area (Å²) >= 11 is 0. The molecule has 0 unspecified atom stereocenters. The van der Waals surface area contributed by atoms with Crippen LogP contribution in [0.4, 0.5) is 10.1 Å². The molecule has 3 N–H and O–H groups in total. The highest BCUT2D eigenvalue weighted by atomic mass is 19.1. The quantitative estimate of drug-likeness (QED) is 0.871. The van der Waals surface area contributed by atoms with Crippen LogP contribution >= 0.6 is 0 Å². The van der Waals surface area contributed by atoms with Crippen LogP contribution in [0.2, 0.25) is 0 Å². The van der Waals surface area contributed by atoms with Crippen molar-refractivity contribution in [1.82, 2.24) is 15.1 Å². The molecular weight excluding hydrogens is 259 g/mol. The summed E-state index contributed by atoms with van der Waals surface area (Å²) in [5.74, 6) is -0.609. The van der Waals surface area contributed by atoms with Crippen LogP contribution in [-0.4, -0.2) is 22.2 Å². The van der Waals surface area contributed by atoms with Gasteiger partial charge in [0.2, 0.25) is 0 Å². The zero-order valence-corrected chi connectivity index (χ0v) is 11.3. The highest BCUT2D eigenvalue weighted by Gasteiger charge is 2.14. The molecule has 1 aromatic heterocycles. The normalized spacial score (nSPS) is 10.5. The summed E-state index contributed by atoms with van der Waals surface area (Å²) in [5.41, 5.74) is 6.84. The smallest absolute Gasteiger partial charge is 0.273 e. The number of carbonyl (C=O) groups is 1. The zero-order valence-electron chi connectivity index (χ0n) is 11.3. The number of nitrogens with zero attached hydrogens (tertiary/aromatic N) is 2. The van der Waals surface area contributed by atoms with Gasteiger partial charge < -0.3 is 11.1 Å². The van der Waals surface area contributed by atoms with Gasteiger partial charge in [-0.1, -0.05) is 18.2 Å². The van der Waals surface area contributed by atoms with Gasteiger partial charge in [0.05, 0.1) is 5.69 Å². The Hall–Kier alpha value is -2.37. The van der Waals surface area contributed by atoms with Gasteiger partial charge in [0, 0.05) is 19.3 Å². The van der Waals surface area contributed by atoms with E-state index in [1.165, 1.54) is 6.07 Å². The number of hydrogen-bond acceptors (Lipinski definition) is 3. The first-order valence-electron chi connectivity index (χ1n) is 6.46. The van der Waals surface area contributed by atoms with Crippen LogP contribution in [0.15, 0.2) is 30.5 Å². The number of aryl methyl sites for hydroxylation is 1. The summed E-state index contributed by atoms with van der Waals surface area (Å²) in [6, 6.07) is 6.50. The number of rotatable bonds is 5. The number of carbonyl (C=O) groups excluding carboxylic acids is 1. The largest absolute Gasteiger partial charge is 0.396 e. The Bertz CT molecular complexity index is 609. The lowest BCUT2D eigenvalue weighted by atomic mass is 10.1. The number of benzene rings is 1. The van der Waals surface area contributed by atoms with Crippen LogP contribution in [0.5, 0.6) is 0 Å². The molecule has 0 spiro atoms. The molecule has 5 nitrogen and oxygen atoms in total. The van der Waals surface area contributed by atoms with Crippen LogP contribution < -0.4 is 11.1 Å². The first-order chi connectivity index (χ1) is 9.61. The molecule has 1 aromatic carbocycles. The van der Waals surface area contributed by atoms with Gasteiger partial charge in [-0.2, -0.15) is 5.10 Å². The molecule has 0 aliphatic carbocycles. The first-order valence-corrected chi connectivity index (χ1v) is 6.46. The van der Waals surface area contributed by atoms with Crippen molar-refractivity contribution < 1.29 is 9.18 Å². The van der Waals surface area contributed by atoms with E-state index in [1.807, 2.05) is 6.92 Å². The fraction of sp³-hybridized carbons (Fsp3) is 0.286. The standard InChI is InChI=1S/C14H17FN4O/c1-2-19-9-12(16)13(18-19)14(20)17-8-7-10-5-3-4-6-11(10)15/h3-6,9H,2,7-8,16H2,1H3,(H,17,20). The highest BCUT2D eigenvalue weighted by molar-refractivity contribution is 5.96. The predicted molar refractivity (Wildman–Crippen MR) is 74.8 cm³/mol. The fourth-order valence-electron chi connectivity index (χ4n) is 1.87. The minimum Gasteiger partial charge on any atom is -0.396 e. The van der Waals surface area contributed by atoms with Gasteiger partial charge in [0.1, 0.15) is 5.82 Å². The predicted octanol–water partition coefficient (Wildman–Crippen LogP) is 1.60. The van der Waals surface area contributed by atoms with Crippen molar-refractivity contribution in [3.8, 4) is 0 Å². The fourth-order valence-corrected chi connectivity index (χ4v) is 1.87. The summed E-state index contributed by atoms with van der Waals surface area (Å²) in [7, 11) is 0. The van der Waals surface area contributed by atoms with E-state index < -0.39 is 0 Å². The Morgan fingerprint density at radius 2 is 2.20 bits per heavy atom. The third kappa shape index (κ3) is 3.14. The SMILES string of the molecule is CCn1cc(N)c(C(=O)NCCc2ccccc2F)n1. The molecule has 2 aromatic rings. The van der Waals surface area contributed by atoms with Gasteiger partial charge in [0.25, 0.3) is 5.91 Å². The second-order valence-electron chi connectivity index (χ2n) is 4.39. The number of hydrogen-bond donors (Lipinski definition) is 2. The lowest BCUT2D eigenvalue weighted by Gasteiger charge is -2.05. The van der Waals surface area contributed by atoms with Crippen molar-refractivity contribution in [2.75, 3.05) is 12.3 Å². The monoisotopic (exact) mass is 276 g/mol. The van der Waals surface area contributed by atoms with Crippen LogP contribution in [0.25, 0.3) is 0 Å². The summed E-state index contributed by atoms with van der Waals surface area (Å²) in [6.45, 7) is 2.89. The zero-order chi connectivity index (χ0) is 14.5. The highest BCUT2D eigenvalue weighted by Crippen LogP contribution is 2.09. The first kappa shape index (κ1) is 14.0. The second-order valence-corrected chi connectivity index (χ2v) is 4.39. The van der Waals surface area contributed by atoms with Gasteiger partial charge >= 0.3 is 0 Å². The number of nitrogen functional groups attached to an aromatic ring is 1. The molecule has 2 rings (SSSR count). The molecule has 1 amide bonds. The van der Waals surface area contributed by atoms with E-state index in [0.717, 1.165) is 0 Å². The summed E-state index contributed by atoms with van der Waals surface area (Å²) in [6.07, 6.45) is 2.04. The average Bonchev–Trinajstić information content (AvgIpc) is 2.82. The van der Waals surface area contributed by atoms with Crippen LogP contribution in [0.3, 0.4) is 0 Å². The van der Waals surface area contributed by atoms with Gasteiger partial charge in [-0.05, 0) is 25.0 Å². The van der Waals surface area contributed by atoms with Crippen LogP contribution in [0.1, 0.15) is 23.0 Å². The van der Waals surface area contributed by atoms with E-state index in [1.54, 1.807) is 29.1 Å². The van der Waals surface area contributed by atoms with E-state index in [9.17, 15) is 9.18 Å². The Morgan fingerprint density at radius 3 is 2.85 bits per heavy atom. The molecule has 0 aliphatic heterocycles. The Labute approximate surface area is 116 Å². The molecule has 0 saturated heterocycles. The Morgan fingerprint density at radius 1 is 1.45 bits per heavy atom. The molecule has 0 saturated carbocycles. The minimum absolute atomic E-state index is 0.209. The number of aromatic nitrogens is 2. The van der Waals surface area contributed by atoms with Crippen LogP contribution in [0, 0.1) is 5.82 Å². The topological polar surface area (TPSA) is 72.9 Å². The molecule has 0 aliphatic rings. The van der Waals surface area contributed by atoms with E-state index in [2.05, 4.69) is 10.4 Å². The van der Waals surface area contributed by atoms with Crippen molar-refractivity contribution in [1.29, 1.82) is 0 Å². The number of halogens is 1. The molecule has 0 bridgehead atoms. The lowest BCUT2D eigenvalue weighted by Crippen LogP contribution is -2.27. The lowest BCUT2D eigenvalue weighted by molar-refractivity contribution is 0.0949. The maximum absolute atomic E-state index is 13.4. The maximum atomic E-state index is 13.4. The average molecular weight is 276 g/mol. The number of nitrogens with one attached hydrogen (secondary N) is 1. The molecule has 0 fully saturated rings. The molecule has 6 heteroatoms. The van der Waals surface area contributed by atoms with E-state index in [0.29, 0.717) is 30.8 Å². The molecule has 0 atom stereocenters. The van der Waals surface area contributed by atoms with E-state index in [-0.39, 0.29) is 17.4 Å². The van der Waals surface area contributed by atoms with Crippen molar-refractivity contribution in [3.05, 3.63) is 47.5 Å². The Balaban J connectivity index is 1.92. The molecule has 0 radical (unpaired) electrons. The van der Waals surface area contributed by atoms with E-state index >= 15 is 0 Å². The molecular formula is C14H17FN4O. The number of amides is 1. The Kier molecular flexibility index (Phi) is 4.34. The van der Waals surface area contributed by atoms with Gasteiger partial charge in [-0.3, -0.25) is 9.48 Å². The molecule has 1 heterocycles. The maximum Gasteiger partial charge on any atom is 0.273 e. The van der Waals surface area contributed by atoms with Crippen LogP contribution in [-0.2, 0) is 13.0 Å².